The molecule has 0 aromatic heterocycles. The lowest BCUT2D eigenvalue weighted by atomic mass is 10.1. The third kappa shape index (κ3) is 4.69. The van der Waals surface area contributed by atoms with Crippen molar-refractivity contribution in [2.75, 3.05) is 32.7 Å². The van der Waals surface area contributed by atoms with Gasteiger partial charge in [-0.15, -0.1) is 0 Å². The molecule has 1 aliphatic heterocycles. The summed E-state index contributed by atoms with van der Waals surface area (Å²) < 4.78 is 27.1. The van der Waals surface area contributed by atoms with E-state index in [-0.39, 0.29) is 0 Å². The van der Waals surface area contributed by atoms with E-state index in [4.69, 9.17) is 0 Å². The van der Waals surface area contributed by atoms with Crippen LogP contribution in [0.25, 0.3) is 0 Å². The molecule has 2 aromatic rings. The van der Waals surface area contributed by atoms with Gasteiger partial charge in [0.2, 0.25) is 10.0 Å². The van der Waals surface area contributed by atoms with Gasteiger partial charge in [-0.05, 0) is 31.0 Å². The van der Waals surface area contributed by atoms with E-state index in [1.165, 1.54) is 10.5 Å². The lowest BCUT2D eigenvalue weighted by Gasteiger charge is -2.31. The Balaban J connectivity index is 1.49. The van der Waals surface area contributed by atoms with Crippen LogP contribution in [0, 0.1) is 6.92 Å². The molecule has 25 heavy (non-hydrogen) atoms. The van der Waals surface area contributed by atoms with Gasteiger partial charge in [0.1, 0.15) is 0 Å². The molecule has 0 amide bonds. The molecule has 2 aromatic carbocycles. The van der Waals surface area contributed by atoms with Gasteiger partial charge in [0.15, 0.2) is 0 Å². The van der Waals surface area contributed by atoms with E-state index in [0.29, 0.717) is 18.0 Å². The Morgan fingerprint density at radius 1 is 0.960 bits per heavy atom. The van der Waals surface area contributed by atoms with Gasteiger partial charge < -0.3 is 4.90 Å². The first-order valence-corrected chi connectivity index (χ1v) is 10.4. The Kier molecular flexibility index (Phi) is 5.89. The van der Waals surface area contributed by atoms with Gasteiger partial charge in [0.25, 0.3) is 0 Å². The molecular weight excluding hydrogens is 332 g/mol. The largest absolute Gasteiger partial charge is 0.333 e. The lowest BCUT2D eigenvalue weighted by Crippen LogP contribution is -3.14. The van der Waals surface area contributed by atoms with Crippen LogP contribution in [0.15, 0.2) is 59.5 Å². The molecule has 134 valence electrons. The van der Waals surface area contributed by atoms with Crippen LogP contribution >= 0.6 is 0 Å². The molecular formula is C20H27N2O2S+. The number of nitrogens with zero attached hydrogens (tertiary/aromatic N) is 1. The second kappa shape index (κ2) is 8.13. The van der Waals surface area contributed by atoms with Gasteiger partial charge in [0.05, 0.1) is 37.6 Å². The fourth-order valence-corrected chi connectivity index (χ4v) is 4.78. The topological polar surface area (TPSA) is 41.8 Å². The van der Waals surface area contributed by atoms with E-state index in [1.54, 1.807) is 16.4 Å². The van der Waals surface area contributed by atoms with Crippen molar-refractivity contribution in [3.05, 3.63) is 65.7 Å². The molecule has 0 bridgehead atoms. The monoisotopic (exact) mass is 359 g/mol. The molecule has 0 unspecified atom stereocenters. The summed E-state index contributed by atoms with van der Waals surface area (Å²) in [6.07, 6.45) is 2.24. The molecule has 0 atom stereocenters. The standard InChI is InChI=1S/C20H26N2O2S/c1-18-9-11-20(12-10-18)25(23,24)22-16-14-21(15-17-22)13-5-8-19-6-3-2-4-7-19/h2-4,6-7,9-12H,5,8,13-17H2,1H3/p+1. The molecule has 0 aliphatic carbocycles. The molecule has 1 heterocycles. The Bertz CT molecular complexity index is 765. The Labute approximate surface area is 151 Å². The minimum absolute atomic E-state index is 0.408. The molecule has 0 spiro atoms. The van der Waals surface area contributed by atoms with Crippen molar-refractivity contribution >= 4 is 10.0 Å². The van der Waals surface area contributed by atoms with E-state index < -0.39 is 10.0 Å². The minimum atomic E-state index is -3.35. The summed E-state index contributed by atoms with van der Waals surface area (Å²) >= 11 is 0. The number of nitrogens with one attached hydrogen (secondary N) is 1. The average molecular weight is 360 g/mol. The Morgan fingerprint density at radius 2 is 1.60 bits per heavy atom. The molecule has 0 radical (unpaired) electrons. The highest BCUT2D eigenvalue weighted by atomic mass is 32.2. The number of aryl methyl sites for hydroxylation is 2. The summed E-state index contributed by atoms with van der Waals surface area (Å²) in [5.74, 6) is 0. The van der Waals surface area contributed by atoms with E-state index >= 15 is 0 Å². The first kappa shape index (κ1) is 18.1. The molecule has 5 heteroatoms. The number of sulfonamides is 1. The first-order chi connectivity index (χ1) is 12.1. The SMILES string of the molecule is Cc1ccc(S(=O)(=O)N2CC[NH+](CCCc3ccccc3)CC2)cc1. The molecule has 1 saturated heterocycles. The van der Waals surface area contributed by atoms with Crippen molar-refractivity contribution in [1.82, 2.24) is 4.31 Å². The van der Waals surface area contributed by atoms with Gasteiger partial charge in [-0.1, -0.05) is 48.0 Å². The molecule has 3 rings (SSSR count). The summed E-state index contributed by atoms with van der Waals surface area (Å²) in [4.78, 5) is 1.91. The third-order valence-corrected chi connectivity index (χ3v) is 6.84. The van der Waals surface area contributed by atoms with Crippen molar-refractivity contribution in [3.8, 4) is 0 Å². The summed E-state index contributed by atoms with van der Waals surface area (Å²) in [5.41, 5.74) is 2.45. The zero-order valence-electron chi connectivity index (χ0n) is 14.8. The van der Waals surface area contributed by atoms with Crippen LogP contribution in [0.1, 0.15) is 17.5 Å². The van der Waals surface area contributed by atoms with Crippen molar-refractivity contribution in [3.63, 3.8) is 0 Å². The first-order valence-electron chi connectivity index (χ1n) is 9.00. The summed E-state index contributed by atoms with van der Waals surface area (Å²) in [6.45, 7) is 6.06. The van der Waals surface area contributed by atoms with Gasteiger partial charge in [-0.25, -0.2) is 8.42 Å². The van der Waals surface area contributed by atoms with Crippen LogP contribution in [-0.4, -0.2) is 45.4 Å². The number of piperazine rings is 1. The van der Waals surface area contributed by atoms with Crippen LogP contribution in [0.4, 0.5) is 0 Å². The second-order valence-electron chi connectivity index (χ2n) is 6.81. The highest BCUT2D eigenvalue weighted by molar-refractivity contribution is 7.89. The van der Waals surface area contributed by atoms with E-state index in [2.05, 4.69) is 24.3 Å². The predicted octanol–water partition coefficient (Wildman–Crippen LogP) is 1.52. The number of hydrogen-bond acceptors (Lipinski definition) is 2. The Morgan fingerprint density at radius 3 is 2.24 bits per heavy atom. The van der Waals surface area contributed by atoms with Gasteiger partial charge in [-0.2, -0.15) is 4.31 Å². The average Bonchev–Trinajstić information content (AvgIpc) is 2.63. The zero-order chi connectivity index (χ0) is 17.7. The van der Waals surface area contributed by atoms with Gasteiger partial charge in [-0.3, -0.25) is 0 Å². The molecule has 4 nitrogen and oxygen atoms in total. The fourth-order valence-electron chi connectivity index (χ4n) is 3.34. The normalized spacial score (nSPS) is 16.8. The number of rotatable bonds is 6. The van der Waals surface area contributed by atoms with E-state index in [9.17, 15) is 8.42 Å². The van der Waals surface area contributed by atoms with E-state index in [1.807, 2.05) is 25.1 Å². The zero-order valence-corrected chi connectivity index (χ0v) is 15.6. The number of quaternary nitrogens is 1. The van der Waals surface area contributed by atoms with E-state index in [0.717, 1.165) is 38.0 Å². The highest BCUT2D eigenvalue weighted by Gasteiger charge is 2.29. The molecule has 0 saturated carbocycles. The maximum atomic E-state index is 12.7. The second-order valence-corrected chi connectivity index (χ2v) is 8.74. The van der Waals surface area contributed by atoms with Crippen LogP contribution in [0.2, 0.25) is 0 Å². The summed E-state index contributed by atoms with van der Waals surface area (Å²) in [5, 5.41) is 0. The van der Waals surface area contributed by atoms with Crippen molar-refractivity contribution in [1.29, 1.82) is 0 Å². The van der Waals surface area contributed by atoms with Crippen LogP contribution in [0.5, 0.6) is 0 Å². The number of benzene rings is 2. The maximum absolute atomic E-state index is 12.7. The molecule has 1 aliphatic rings. The van der Waals surface area contributed by atoms with Crippen molar-refractivity contribution in [2.24, 2.45) is 0 Å². The summed E-state index contributed by atoms with van der Waals surface area (Å²) in [6, 6.07) is 17.7. The lowest BCUT2D eigenvalue weighted by molar-refractivity contribution is -0.903. The number of hydrogen-bond donors (Lipinski definition) is 1. The quantitative estimate of drug-likeness (QED) is 0.850. The molecule has 1 fully saturated rings. The fraction of sp³-hybridized carbons (Fsp3) is 0.400. The minimum Gasteiger partial charge on any atom is -0.333 e. The highest BCUT2D eigenvalue weighted by Crippen LogP contribution is 2.16. The van der Waals surface area contributed by atoms with Crippen LogP contribution in [0.3, 0.4) is 0 Å². The van der Waals surface area contributed by atoms with Gasteiger partial charge in [0, 0.05) is 6.42 Å². The van der Waals surface area contributed by atoms with Gasteiger partial charge >= 0.3 is 0 Å². The van der Waals surface area contributed by atoms with Crippen molar-refractivity contribution in [2.45, 2.75) is 24.7 Å². The third-order valence-electron chi connectivity index (χ3n) is 4.93. The van der Waals surface area contributed by atoms with Crippen molar-refractivity contribution < 1.29 is 13.3 Å². The van der Waals surface area contributed by atoms with Crippen LogP contribution < -0.4 is 4.90 Å². The summed E-state index contributed by atoms with van der Waals surface area (Å²) in [7, 11) is -3.35. The smallest absolute Gasteiger partial charge is 0.243 e. The van der Waals surface area contributed by atoms with Crippen LogP contribution in [-0.2, 0) is 16.4 Å². The molecule has 1 N–H and O–H groups in total. The predicted molar refractivity (Wildman–Crippen MR) is 100 cm³/mol. The Hall–Kier alpha value is -1.69. The maximum Gasteiger partial charge on any atom is 0.243 e.